The van der Waals surface area contributed by atoms with Crippen molar-refractivity contribution in [3.05, 3.63) is 53.6 Å². The van der Waals surface area contributed by atoms with Gasteiger partial charge in [-0.1, -0.05) is 12.1 Å². The number of ether oxygens (including phenoxy) is 3. The van der Waals surface area contributed by atoms with Gasteiger partial charge in [0.15, 0.2) is 11.5 Å². The van der Waals surface area contributed by atoms with Gasteiger partial charge in [0, 0.05) is 12.1 Å². The topological polar surface area (TPSA) is 85.9 Å². The van der Waals surface area contributed by atoms with Crippen molar-refractivity contribution >= 4 is 11.8 Å². The van der Waals surface area contributed by atoms with Gasteiger partial charge < -0.3 is 24.8 Å². The molecule has 0 saturated heterocycles. The van der Waals surface area contributed by atoms with Gasteiger partial charge in [0.25, 0.3) is 5.91 Å². The van der Waals surface area contributed by atoms with E-state index in [0.29, 0.717) is 43.2 Å². The quantitative estimate of drug-likeness (QED) is 0.541. The number of nitrogens with one attached hydrogen (secondary N) is 2. The molecule has 168 valence electrons. The van der Waals surface area contributed by atoms with Gasteiger partial charge in [-0.25, -0.2) is 0 Å². The molecule has 2 aromatic carbocycles. The first-order valence-corrected chi connectivity index (χ1v) is 10.6. The lowest BCUT2D eigenvalue weighted by molar-refractivity contribution is -0.120. The molecular weight excluding hydrogens is 396 g/mol. The molecule has 0 unspecified atom stereocenters. The second kappa shape index (κ2) is 12.5. The lowest BCUT2D eigenvalue weighted by Crippen LogP contribution is -2.37. The number of hydrogen-bond donors (Lipinski definition) is 2. The third kappa shape index (κ3) is 8.20. The van der Waals surface area contributed by atoms with Gasteiger partial charge in [0.05, 0.1) is 25.9 Å². The highest BCUT2D eigenvalue weighted by atomic mass is 16.5. The molecule has 31 heavy (non-hydrogen) atoms. The zero-order valence-electron chi connectivity index (χ0n) is 18.7. The summed E-state index contributed by atoms with van der Waals surface area (Å²) in [6.45, 7) is 9.05. The highest BCUT2D eigenvalue weighted by molar-refractivity contribution is 5.97. The van der Waals surface area contributed by atoms with Crippen LogP contribution in [0.2, 0.25) is 0 Å². The van der Waals surface area contributed by atoms with E-state index >= 15 is 0 Å². The summed E-state index contributed by atoms with van der Waals surface area (Å²) >= 11 is 0. The summed E-state index contributed by atoms with van der Waals surface area (Å²) in [6.07, 6.45) is 0.826. The van der Waals surface area contributed by atoms with E-state index in [-0.39, 0.29) is 24.5 Å². The molecule has 0 heterocycles. The smallest absolute Gasteiger partial charge is 0.251 e. The first-order chi connectivity index (χ1) is 14.9. The largest absolute Gasteiger partial charge is 0.491 e. The molecule has 0 saturated carbocycles. The molecule has 0 atom stereocenters. The molecule has 7 nitrogen and oxygen atoms in total. The van der Waals surface area contributed by atoms with Crippen LogP contribution in [-0.4, -0.2) is 44.2 Å². The molecule has 2 amide bonds. The SMILES string of the molecule is CCOc1ccc(C(=O)NCC(=O)NCCc2ccc(OC(C)C)cc2)cc1OCC. The van der Waals surface area contributed by atoms with Crippen molar-refractivity contribution in [2.24, 2.45) is 0 Å². The maximum Gasteiger partial charge on any atom is 0.251 e. The predicted octanol–water partition coefficient (Wildman–Crippen LogP) is 3.36. The minimum Gasteiger partial charge on any atom is -0.491 e. The van der Waals surface area contributed by atoms with Crippen LogP contribution in [0.5, 0.6) is 17.2 Å². The number of hydrogen-bond acceptors (Lipinski definition) is 5. The van der Waals surface area contributed by atoms with Crippen molar-refractivity contribution in [2.75, 3.05) is 26.3 Å². The molecule has 7 heteroatoms. The van der Waals surface area contributed by atoms with Crippen molar-refractivity contribution in [1.29, 1.82) is 0 Å². The summed E-state index contributed by atoms with van der Waals surface area (Å²) in [6, 6.07) is 12.8. The Kier molecular flexibility index (Phi) is 9.68. The van der Waals surface area contributed by atoms with Gasteiger partial charge in [0.1, 0.15) is 5.75 Å². The molecule has 2 N–H and O–H groups in total. The van der Waals surface area contributed by atoms with E-state index in [1.54, 1.807) is 18.2 Å². The summed E-state index contributed by atoms with van der Waals surface area (Å²) in [5.74, 6) is 1.32. The molecule has 0 aromatic heterocycles. The average Bonchev–Trinajstić information content (AvgIpc) is 2.74. The zero-order valence-corrected chi connectivity index (χ0v) is 18.7. The van der Waals surface area contributed by atoms with Crippen LogP contribution < -0.4 is 24.8 Å². The van der Waals surface area contributed by atoms with Crippen LogP contribution in [0.15, 0.2) is 42.5 Å². The first kappa shape index (κ1) is 24.1. The van der Waals surface area contributed by atoms with Crippen LogP contribution in [0, 0.1) is 0 Å². The minimum atomic E-state index is -0.347. The predicted molar refractivity (Wildman–Crippen MR) is 120 cm³/mol. The average molecular weight is 429 g/mol. The number of amides is 2. The first-order valence-electron chi connectivity index (χ1n) is 10.6. The Hall–Kier alpha value is -3.22. The Morgan fingerprint density at radius 3 is 2.23 bits per heavy atom. The monoisotopic (exact) mass is 428 g/mol. The highest BCUT2D eigenvalue weighted by Gasteiger charge is 2.12. The second-order valence-corrected chi connectivity index (χ2v) is 7.12. The van der Waals surface area contributed by atoms with Crippen molar-refractivity contribution in [2.45, 2.75) is 40.2 Å². The fourth-order valence-electron chi connectivity index (χ4n) is 2.87. The van der Waals surface area contributed by atoms with Gasteiger partial charge in [-0.3, -0.25) is 9.59 Å². The van der Waals surface area contributed by atoms with Crippen molar-refractivity contribution in [1.82, 2.24) is 10.6 Å². The molecule has 2 rings (SSSR count). The molecular formula is C24H32N2O5. The lowest BCUT2D eigenvalue weighted by atomic mass is 10.1. The molecule has 0 fully saturated rings. The Labute approximate surface area is 184 Å². The standard InChI is InChI=1S/C24H32N2O5/c1-5-29-21-12-9-19(15-22(21)30-6-2)24(28)26-16-23(27)25-14-13-18-7-10-20(11-8-18)31-17(3)4/h7-12,15,17H,5-6,13-14,16H2,1-4H3,(H,25,27)(H,26,28). The van der Waals surface area contributed by atoms with Crippen LogP contribution in [0.25, 0.3) is 0 Å². The maximum absolute atomic E-state index is 12.4. The van der Waals surface area contributed by atoms with Gasteiger partial charge in [-0.05, 0) is 70.0 Å². The number of rotatable bonds is 12. The molecule has 0 aliphatic heterocycles. The maximum atomic E-state index is 12.4. The fraction of sp³-hybridized carbons (Fsp3) is 0.417. The molecule has 0 bridgehead atoms. The normalized spacial score (nSPS) is 10.5. The number of carbonyl (C=O) groups is 2. The van der Waals surface area contributed by atoms with Crippen molar-refractivity contribution < 1.29 is 23.8 Å². The fourth-order valence-corrected chi connectivity index (χ4v) is 2.87. The Morgan fingerprint density at radius 1 is 0.903 bits per heavy atom. The van der Waals surface area contributed by atoms with Crippen LogP contribution in [0.3, 0.4) is 0 Å². The molecule has 0 spiro atoms. The van der Waals surface area contributed by atoms with Crippen molar-refractivity contribution in [3.8, 4) is 17.2 Å². The molecule has 0 radical (unpaired) electrons. The molecule has 0 aliphatic rings. The van der Waals surface area contributed by atoms with E-state index in [1.165, 1.54) is 0 Å². The van der Waals surface area contributed by atoms with Gasteiger partial charge in [0.2, 0.25) is 5.91 Å². The Balaban J connectivity index is 1.77. The summed E-state index contributed by atoms with van der Waals surface area (Å²) < 4.78 is 16.7. The summed E-state index contributed by atoms with van der Waals surface area (Å²) in [5, 5.41) is 5.44. The Bertz CT molecular complexity index is 850. The van der Waals surface area contributed by atoms with E-state index in [2.05, 4.69) is 10.6 Å². The highest BCUT2D eigenvalue weighted by Crippen LogP contribution is 2.28. The molecule has 0 aliphatic carbocycles. The zero-order chi connectivity index (χ0) is 22.6. The van der Waals surface area contributed by atoms with Crippen LogP contribution in [-0.2, 0) is 11.2 Å². The lowest BCUT2D eigenvalue weighted by Gasteiger charge is -2.12. The number of carbonyl (C=O) groups excluding carboxylic acids is 2. The summed E-state index contributed by atoms with van der Waals surface area (Å²) in [4.78, 5) is 24.4. The van der Waals surface area contributed by atoms with Gasteiger partial charge in [-0.2, -0.15) is 0 Å². The summed E-state index contributed by atoms with van der Waals surface area (Å²) in [5.41, 5.74) is 1.50. The summed E-state index contributed by atoms with van der Waals surface area (Å²) in [7, 11) is 0. The third-order valence-electron chi connectivity index (χ3n) is 4.25. The van der Waals surface area contributed by atoms with Gasteiger partial charge in [-0.15, -0.1) is 0 Å². The third-order valence-corrected chi connectivity index (χ3v) is 4.25. The Morgan fingerprint density at radius 2 is 1.58 bits per heavy atom. The van der Waals surface area contributed by atoms with E-state index in [0.717, 1.165) is 11.3 Å². The van der Waals surface area contributed by atoms with E-state index in [1.807, 2.05) is 52.0 Å². The van der Waals surface area contributed by atoms with E-state index < -0.39 is 0 Å². The van der Waals surface area contributed by atoms with E-state index in [4.69, 9.17) is 14.2 Å². The van der Waals surface area contributed by atoms with Crippen molar-refractivity contribution in [3.63, 3.8) is 0 Å². The van der Waals surface area contributed by atoms with E-state index in [9.17, 15) is 9.59 Å². The number of benzene rings is 2. The van der Waals surface area contributed by atoms with Crippen LogP contribution in [0.1, 0.15) is 43.6 Å². The molecule has 2 aromatic rings. The second-order valence-electron chi connectivity index (χ2n) is 7.12. The van der Waals surface area contributed by atoms with Gasteiger partial charge >= 0.3 is 0 Å². The van der Waals surface area contributed by atoms with Crippen LogP contribution >= 0.6 is 0 Å². The minimum absolute atomic E-state index is 0.100. The van der Waals surface area contributed by atoms with Crippen LogP contribution in [0.4, 0.5) is 0 Å².